The predicted molar refractivity (Wildman–Crippen MR) is 72.2 cm³/mol. The van der Waals surface area contributed by atoms with Gasteiger partial charge in [-0.15, -0.1) is 0 Å². The molecule has 0 aliphatic rings. The zero-order valence-electron chi connectivity index (χ0n) is 10.3. The van der Waals surface area contributed by atoms with E-state index in [1.807, 2.05) is 7.05 Å². The van der Waals surface area contributed by atoms with Gasteiger partial charge in [-0.1, -0.05) is 29.8 Å². The number of hydrogen-bond acceptors (Lipinski definition) is 2. The van der Waals surface area contributed by atoms with Gasteiger partial charge in [0.25, 0.3) is 0 Å². The lowest BCUT2D eigenvalue weighted by atomic mass is 10.1. The van der Waals surface area contributed by atoms with E-state index in [1.54, 1.807) is 0 Å². The predicted octanol–water partition coefficient (Wildman–Crippen LogP) is 3.50. The maximum absolute atomic E-state index is 8.59. The van der Waals surface area contributed by atoms with Gasteiger partial charge in [0.1, 0.15) is 0 Å². The summed E-state index contributed by atoms with van der Waals surface area (Å²) in [5, 5.41) is 11.1. The van der Waals surface area contributed by atoms with E-state index in [-0.39, 0.29) is 0 Å². The van der Waals surface area contributed by atoms with Gasteiger partial charge in [-0.05, 0) is 29.8 Å². The van der Waals surface area contributed by atoms with Gasteiger partial charge in [-0.3, -0.25) is 0 Å². The lowest BCUT2D eigenvalue weighted by molar-refractivity contribution is 0.906. The van der Waals surface area contributed by atoms with E-state index < -0.39 is 0 Å². The summed E-state index contributed by atoms with van der Waals surface area (Å²) >= 11 is 0. The minimum absolute atomic E-state index is 0.558. The molecule has 2 rings (SSSR count). The summed E-state index contributed by atoms with van der Waals surface area (Å²) in [4.78, 5) is 2.11. The van der Waals surface area contributed by atoms with Crippen LogP contribution in [0.25, 0.3) is 10.8 Å². The van der Waals surface area contributed by atoms with Crippen LogP contribution < -0.4 is 4.90 Å². The molecule has 0 spiro atoms. The quantitative estimate of drug-likeness (QED) is 0.797. The molecule has 17 heavy (non-hydrogen) atoms. The molecule has 86 valence electrons. The second kappa shape index (κ2) is 4.88. The number of rotatable bonds is 3. The molecular formula is C15H16N2. The number of anilines is 1. The van der Waals surface area contributed by atoms with Gasteiger partial charge in [0.2, 0.25) is 0 Å². The molecule has 0 aliphatic carbocycles. The lowest BCUT2D eigenvalue weighted by Crippen LogP contribution is -2.17. The lowest BCUT2D eigenvalue weighted by Gasteiger charge is -2.18. The third kappa shape index (κ3) is 2.57. The zero-order valence-corrected chi connectivity index (χ0v) is 10.3. The molecule has 0 amide bonds. The molecule has 0 aromatic heterocycles. The Labute approximate surface area is 102 Å². The van der Waals surface area contributed by atoms with Crippen molar-refractivity contribution < 1.29 is 0 Å². The summed E-state index contributed by atoms with van der Waals surface area (Å²) in [6.07, 6.45) is 0.558. The van der Waals surface area contributed by atoms with Crippen molar-refractivity contribution in [3.63, 3.8) is 0 Å². The number of nitriles is 1. The van der Waals surface area contributed by atoms with Crippen LogP contribution in [0.5, 0.6) is 0 Å². The van der Waals surface area contributed by atoms with Crippen LogP contribution in [-0.2, 0) is 0 Å². The number of fused-ring (bicyclic) bond motifs is 1. The number of hydrogen-bond donors (Lipinski definition) is 0. The third-order valence-corrected chi connectivity index (χ3v) is 2.98. The SMILES string of the molecule is Cc1ccc2cc(N(C)CCC#N)ccc2c1. The Morgan fingerprint density at radius 1 is 1.12 bits per heavy atom. The van der Waals surface area contributed by atoms with Gasteiger partial charge in [0.15, 0.2) is 0 Å². The molecule has 0 saturated heterocycles. The smallest absolute Gasteiger partial charge is 0.0640 e. The Bertz CT molecular complexity index is 567. The molecule has 2 heteroatoms. The molecule has 0 fully saturated rings. The van der Waals surface area contributed by atoms with Crippen LogP contribution in [0.4, 0.5) is 5.69 Å². The van der Waals surface area contributed by atoms with Crippen molar-refractivity contribution in [3.05, 3.63) is 42.0 Å². The van der Waals surface area contributed by atoms with Crippen LogP contribution in [0.2, 0.25) is 0 Å². The van der Waals surface area contributed by atoms with Crippen LogP contribution in [0.15, 0.2) is 36.4 Å². The Morgan fingerprint density at radius 2 is 1.82 bits per heavy atom. The van der Waals surface area contributed by atoms with Crippen LogP contribution >= 0.6 is 0 Å². The third-order valence-electron chi connectivity index (χ3n) is 2.98. The Kier molecular flexibility index (Phi) is 3.30. The van der Waals surface area contributed by atoms with Crippen LogP contribution in [0.3, 0.4) is 0 Å². The molecule has 0 unspecified atom stereocenters. The first-order valence-corrected chi connectivity index (χ1v) is 5.79. The largest absolute Gasteiger partial charge is 0.374 e. The van der Waals surface area contributed by atoms with Crippen molar-refractivity contribution >= 4 is 16.5 Å². The number of nitrogens with zero attached hydrogens (tertiary/aromatic N) is 2. The second-order valence-electron chi connectivity index (χ2n) is 4.36. The van der Waals surface area contributed by atoms with Gasteiger partial charge in [0.05, 0.1) is 12.5 Å². The van der Waals surface area contributed by atoms with E-state index in [1.165, 1.54) is 16.3 Å². The summed E-state index contributed by atoms with van der Waals surface area (Å²) in [6.45, 7) is 2.88. The topological polar surface area (TPSA) is 27.0 Å². The van der Waals surface area contributed by atoms with Crippen molar-refractivity contribution in [2.24, 2.45) is 0 Å². The molecule has 0 aliphatic heterocycles. The van der Waals surface area contributed by atoms with E-state index in [4.69, 9.17) is 5.26 Å². The van der Waals surface area contributed by atoms with E-state index in [0.717, 1.165) is 12.2 Å². The van der Waals surface area contributed by atoms with E-state index >= 15 is 0 Å². The Morgan fingerprint density at radius 3 is 2.59 bits per heavy atom. The Hall–Kier alpha value is -2.01. The first kappa shape index (κ1) is 11.5. The second-order valence-corrected chi connectivity index (χ2v) is 4.36. The van der Waals surface area contributed by atoms with Gasteiger partial charge in [-0.25, -0.2) is 0 Å². The maximum atomic E-state index is 8.59. The van der Waals surface area contributed by atoms with Crippen molar-refractivity contribution in [1.29, 1.82) is 5.26 Å². The summed E-state index contributed by atoms with van der Waals surface area (Å²) in [7, 11) is 2.02. The molecule has 0 radical (unpaired) electrons. The highest BCUT2D eigenvalue weighted by molar-refractivity contribution is 5.86. The fourth-order valence-corrected chi connectivity index (χ4v) is 1.94. The fourth-order valence-electron chi connectivity index (χ4n) is 1.94. The minimum Gasteiger partial charge on any atom is -0.374 e. The summed E-state index contributed by atoms with van der Waals surface area (Å²) in [5.41, 5.74) is 2.44. The zero-order chi connectivity index (χ0) is 12.3. The molecule has 0 atom stereocenters. The highest BCUT2D eigenvalue weighted by atomic mass is 15.1. The van der Waals surface area contributed by atoms with Crippen molar-refractivity contribution in [3.8, 4) is 6.07 Å². The normalized spacial score (nSPS) is 10.2. The molecule has 2 aromatic rings. The minimum atomic E-state index is 0.558. The van der Waals surface area contributed by atoms with Crippen molar-refractivity contribution in [1.82, 2.24) is 0 Å². The van der Waals surface area contributed by atoms with Crippen molar-refractivity contribution in [2.45, 2.75) is 13.3 Å². The van der Waals surface area contributed by atoms with Gasteiger partial charge >= 0.3 is 0 Å². The standard InChI is InChI=1S/C15H16N2/c1-12-4-5-14-11-15(7-6-13(14)10-12)17(2)9-3-8-16/h4-7,10-11H,3,9H2,1-2H3. The van der Waals surface area contributed by atoms with E-state index in [9.17, 15) is 0 Å². The van der Waals surface area contributed by atoms with E-state index in [0.29, 0.717) is 6.42 Å². The van der Waals surface area contributed by atoms with Gasteiger partial charge < -0.3 is 4.90 Å². The van der Waals surface area contributed by atoms with Gasteiger partial charge in [0, 0.05) is 19.3 Å². The first-order chi connectivity index (χ1) is 8.20. The molecule has 0 saturated carbocycles. The maximum Gasteiger partial charge on any atom is 0.0640 e. The summed E-state index contributed by atoms with van der Waals surface area (Å²) in [6, 6.07) is 15.1. The number of benzene rings is 2. The van der Waals surface area contributed by atoms with E-state index in [2.05, 4.69) is 54.3 Å². The molecule has 0 bridgehead atoms. The molecule has 2 aromatic carbocycles. The van der Waals surface area contributed by atoms with Gasteiger partial charge in [-0.2, -0.15) is 5.26 Å². The average molecular weight is 224 g/mol. The van der Waals surface area contributed by atoms with Crippen LogP contribution in [-0.4, -0.2) is 13.6 Å². The molecule has 0 heterocycles. The average Bonchev–Trinajstić information content (AvgIpc) is 2.35. The van der Waals surface area contributed by atoms with Crippen molar-refractivity contribution in [2.75, 3.05) is 18.5 Å². The highest BCUT2D eigenvalue weighted by Gasteiger charge is 2.01. The molecular weight excluding hydrogens is 208 g/mol. The Balaban J connectivity index is 2.32. The van der Waals surface area contributed by atoms with Crippen LogP contribution in [0, 0.1) is 18.3 Å². The first-order valence-electron chi connectivity index (χ1n) is 5.79. The highest BCUT2D eigenvalue weighted by Crippen LogP contribution is 2.22. The fraction of sp³-hybridized carbons (Fsp3) is 0.267. The summed E-state index contributed by atoms with van der Waals surface area (Å²) < 4.78 is 0. The monoisotopic (exact) mass is 224 g/mol. The summed E-state index contributed by atoms with van der Waals surface area (Å²) in [5.74, 6) is 0. The number of aryl methyl sites for hydroxylation is 1. The molecule has 0 N–H and O–H groups in total. The molecule has 2 nitrogen and oxygen atoms in total. The van der Waals surface area contributed by atoms with Crippen LogP contribution in [0.1, 0.15) is 12.0 Å².